The Kier molecular flexibility index (Phi) is 4.92. The summed E-state index contributed by atoms with van der Waals surface area (Å²) in [6, 6.07) is 6.27. The summed E-state index contributed by atoms with van der Waals surface area (Å²) in [5.74, 6) is 0. The molecule has 0 aromatic heterocycles. The summed E-state index contributed by atoms with van der Waals surface area (Å²) >= 11 is 0. The van der Waals surface area contributed by atoms with E-state index < -0.39 is 10.0 Å². The number of aliphatic hydroxyl groups is 1. The predicted octanol–water partition coefficient (Wildman–Crippen LogP) is 0.777. The van der Waals surface area contributed by atoms with Crippen LogP contribution in [-0.4, -0.2) is 32.7 Å². The second kappa shape index (κ2) is 6.00. The normalized spacial score (nSPS) is 11.8. The minimum absolute atomic E-state index is 0.0367. The molecule has 6 heteroatoms. The van der Waals surface area contributed by atoms with Crippen molar-refractivity contribution in [3.05, 3.63) is 24.3 Å². The van der Waals surface area contributed by atoms with Gasteiger partial charge in [0, 0.05) is 18.3 Å². The molecule has 0 radical (unpaired) electrons. The van der Waals surface area contributed by atoms with E-state index in [-0.39, 0.29) is 17.5 Å². The van der Waals surface area contributed by atoms with Gasteiger partial charge in [-0.15, -0.1) is 0 Å². The first-order valence-corrected chi connectivity index (χ1v) is 6.91. The molecule has 0 spiro atoms. The van der Waals surface area contributed by atoms with Crippen molar-refractivity contribution in [3.8, 4) is 0 Å². The lowest BCUT2D eigenvalue weighted by atomic mass is 10.3. The molecule has 0 saturated heterocycles. The molecule has 96 valence electrons. The van der Waals surface area contributed by atoms with E-state index in [9.17, 15) is 8.42 Å². The lowest BCUT2D eigenvalue weighted by Crippen LogP contribution is -2.30. The van der Waals surface area contributed by atoms with Gasteiger partial charge >= 0.3 is 0 Å². The number of rotatable bonds is 6. The van der Waals surface area contributed by atoms with Gasteiger partial charge in [-0.1, -0.05) is 0 Å². The highest BCUT2D eigenvalue weighted by atomic mass is 32.2. The summed E-state index contributed by atoms with van der Waals surface area (Å²) in [5, 5.41) is 11.6. The molecule has 3 N–H and O–H groups in total. The summed E-state index contributed by atoms with van der Waals surface area (Å²) in [4.78, 5) is 0.237. The van der Waals surface area contributed by atoms with Crippen LogP contribution in [0.4, 0.5) is 5.69 Å². The number of hydrogen-bond acceptors (Lipinski definition) is 4. The molecule has 0 aliphatic heterocycles. The molecule has 1 aromatic rings. The van der Waals surface area contributed by atoms with E-state index >= 15 is 0 Å². The van der Waals surface area contributed by atoms with Gasteiger partial charge in [-0.2, -0.15) is 0 Å². The van der Waals surface area contributed by atoms with Crippen molar-refractivity contribution in [1.82, 2.24) is 4.72 Å². The molecule has 0 aliphatic carbocycles. The molecule has 0 unspecified atom stereocenters. The molecule has 0 heterocycles. The molecule has 17 heavy (non-hydrogen) atoms. The van der Waals surface area contributed by atoms with Crippen molar-refractivity contribution in [2.75, 3.05) is 18.5 Å². The van der Waals surface area contributed by atoms with Gasteiger partial charge in [0.1, 0.15) is 0 Å². The van der Waals surface area contributed by atoms with Crippen molar-refractivity contribution in [3.63, 3.8) is 0 Å². The fourth-order valence-electron chi connectivity index (χ4n) is 1.33. The molecule has 0 bridgehead atoms. The zero-order chi connectivity index (χ0) is 12.9. The van der Waals surface area contributed by atoms with E-state index in [1.54, 1.807) is 26.0 Å². The monoisotopic (exact) mass is 258 g/mol. The Morgan fingerprint density at radius 3 is 2.29 bits per heavy atom. The van der Waals surface area contributed by atoms with Crippen LogP contribution in [0, 0.1) is 0 Å². The van der Waals surface area contributed by atoms with Gasteiger partial charge in [0.25, 0.3) is 0 Å². The average Bonchev–Trinajstić information content (AvgIpc) is 2.25. The van der Waals surface area contributed by atoms with Crippen molar-refractivity contribution in [2.24, 2.45) is 0 Å². The third-order valence-electron chi connectivity index (χ3n) is 2.00. The van der Waals surface area contributed by atoms with Crippen molar-refractivity contribution in [1.29, 1.82) is 0 Å². The predicted molar refractivity (Wildman–Crippen MR) is 67.5 cm³/mol. The van der Waals surface area contributed by atoms with E-state index in [1.165, 1.54) is 12.1 Å². The van der Waals surface area contributed by atoms with E-state index in [2.05, 4.69) is 10.0 Å². The van der Waals surface area contributed by atoms with Crippen LogP contribution in [0.5, 0.6) is 0 Å². The zero-order valence-electron chi connectivity index (χ0n) is 9.97. The maximum Gasteiger partial charge on any atom is 0.240 e. The Bertz CT molecular complexity index is 440. The second-order valence-corrected chi connectivity index (χ2v) is 5.66. The Labute approximate surface area is 102 Å². The molecule has 5 nitrogen and oxygen atoms in total. The van der Waals surface area contributed by atoms with Crippen molar-refractivity contribution in [2.45, 2.75) is 24.8 Å². The molecule has 1 rings (SSSR count). The van der Waals surface area contributed by atoms with E-state index in [0.29, 0.717) is 6.54 Å². The van der Waals surface area contributed by atoms with Gasteiger partial charge < -0.3 is 10.4 Å². The molecule has 0 amide bonds. The van der Waals surface area contributed by atoms with Crippen LogP contribution in [-0.2, 0) is 10.0 Å². The highest BCUT2D eigenvalue weighted by Crippen LogP contribution is 2.14. The van der Waals surface area contributed by atoms with Gasteiger partial charge in [-0.05, 0) is 38.1 Å². The molecular formula is C11H18N2O3S. The van der Waals surface area contributed by atoms with Gasteiger partial charge in [0.05, 0.1) is 11.5 Å². The maximum atomic E-state index is 11.8. The van der Waals surface area contributed by atoms with Gasteiger partial charge in [0.15, 0.2) is 0 Å². The fraction of sp³-hybridized carbons (Fsp3) is 0.455. The summed E-state index contributed by atoms with van der Waals surface area (Å²) in [6.07, 6.45) is 0. The van der Waals surface area contributed by atoms with Crippen LogP contribution >= 0.6 is 0 Å². The number of sulfonamides is 1. The van der Waals surface area contributed by atoms with Crippen LogP contribution in [0.1, 0.15) is 13.8 Å². The largest absolute Gasteiger partial charge is 0.395 e. The third-order valence-corrected chi connectivity index (χ3v) is 3.67. The Balaban J connectivity index is 2.80. The fourth-order valence-corrected chi connectivity index (χ4v) is 2.58. The lowest BCUT2D eigenvalue weighted by Gasteiger charge is -2.10. The quantitative estimate of drug-likeness (QED) is 0.704. The van der Waals surface area contributed by atoms with E-state index in [4.69, 9.17) is 5.11 Å². The number of anilines is 1. The molecule has 1 aromatic carbocycles. The molecule has 0 fully saturated rings. The number of nitrogens with one attached hydrogen (secondary N) is 2. The first-order chi connectivity index (χ1) is 7.95. The summed E-state index contributed by atoms with van der Waals surface area (Å²) < 4.78 is 26.1. The SMILES string of the molecule is CC(C)NS(=O)(=O)c1ccc(NCCO)cc1. The molecule has 0 aliphatic rings. The summed E-state index contributed by atoms with van der Waals surface area (Å²) in [7, 11) is -3.42. The molecule has 0 saturated carbocycles. The van der Waals surface area contributed by atoms with Crippen LogP contribution < -0.4 is 10.0 Å². The van der Waals surface area contributed by atoms with E-state index in [1.807, 2.05) is 0 Å². The maximum absolute atomic E-state index is 11.8. The van der Waals surface area contributed by atoms with Crippen molar-refractivity contribution >= 4 is 15.7 Å². The van der Waals surface area contributed by atoms with Crippen molar-refractivity contribution < 1.29 is 13.5 Å². The zero-order valence-corrected chi connectivity index (χ0v) is 10.8. The smallest absolute Gasteiger partial charge is 0.240 e. The minimum Gasteiger partial charge on any atom is -0.395 e. The van der Waals surface area contributed by atoms with Gasteiger partial charge in [0.2, 0.25) is 10.0 Å². The van der Waals surface area contributed by atoms with Gasteiger partial charge in [-0.25, -0.2) is 13.1 Å². The number of hydrogen-bond donors (Lipinski definition) is 3. The van der Waals surface area contributed by atoms with Crippen LogP contribution in [0.3, 0.4) is 0 Å². The standard InChI is InChI=1S/C11H18N2O3S/c1-9(2)13-17(15,16)11-5-3-10(4-6-11)12-7-8-14/h3-6,9,12-14H,7-8H2,1-2H3. The first kappa shape index (κ1) is 14.0. The second-order valence-electron chi connectivity index (χ2n) is 3.95. The Morgan fingerprint density at radius 2 is 1.82 bits per heavy atom. The topological polar surface area (TPSA) is 78.4 Å². The molecular weight excluding hydrogens is 240 g/mol. The summed E-state index contributed by atoms with van der Waals surface area (Å²) in [6.45, 7) is 4.02. The third kappa shape index (κ3) is 4.33. The Morgan fingerprint density at radius 1 is 1.24 bits per heavy atom. The minimum atomic E-state index is -3.42. The molecule has 0 atom stereocenters. The van der Waals surface area contributed by atoms with Crippen LogP contribution in [0.25, 0.3) is 0 Å². The Hall–Kier alpha value is -1.11. The number of aliphatic hydroxyl groups excluding tert-OH is 1. The van der Waals surface area contributed by atoms with Gasteiger partial charge in [-0.3, -0.25) is 0 Å². The van der Waals surface area contributed by atoms with E-state index in [0.717, 1.165) is 5.69 Å². The lowest BCUT2D eigenvalue weighted by molar-refractivity contribution is 0.311. The average molecular weight is 258 g/mol. The number of benzene rings is 1. The highest BCUT2D eigenvalue weighted by Gasteiger charge is 2.14. The summed E-state index contributed by atoms with van der Waals surface area (Å²) in [5.41, 5.74) is 0.780. The van der Waals surface area contributed by atoms with Crippen LogP contribution in [0.2, 0.25) is 0 Å². The highest BCUT2D eigenvalue weighted by molar-refractivity contribution is 7.89. The van der Waals surface area contributed by atoms with Crippen LogP contribution in [0.15, 0.2) is 29.2 Å². The first-order valence-electron chi connectivity index (χ1n) is 5.43.